The average molecular weight is 833 g/mol. The molecule has 322 valence electrons. The normalized spacial score (nSPS) is 32.1. The Morgan fingerprint density at radius 1 is 0.949 bits per heavy atom. The third-order valence-electron chi connectivity index (χ3n) is 15.4. The van der Waals surface area contributed by atoms with E-state index in [-0.39, 0.29) is 77.2 Å². The van der Waals surface area contributed by atoms with Gasteiger partial charge in [-0.3, -0.25) is 19.1 Å². The molecule has 7 rings (SSSR count). The number of carbonyl (C=O) groups excluding carboxylic acids is 2. The quantitative estimate of drug-likeness (QED) is 0.0751. The SMILES string of the molecule is Cc1nc2ccccc2c(NCc2ccccc2)c1C(=O)NCCOC1CCC2(C)C(C1)CC(O)C1C2CC(O)C2(C)C1CC[C@@H]2C(C)CCC(=O)NCCS(=O)(=O)O. The van der Waals surface area contributed by atoms with E-state index in [1.807, 2.05) is 49.4 Å². The summed E-state index contributed by atoms with van der Waals surface area (Å²) in [6.45, 7) is 9.80. The molecule has 4 fully saturated rings. The highest BCUT2D eigenvalue weighted by atomic mass is 32.2. The van der Waals surface area contributed by atoms with Crippen LogP contribution in [0.2, 0.25) is 0 Å². The van der Waals surface area contributed by atoms with Gasteiger partial charge in [0.25, 0.3) is 16.0 Å². The summed E-state index contributed by atoms with van der Waals surface area (Å²) in [7, 11) is -4.14. The molecule has 4 saturated carbocycles. The van der Waals surface area contributed by atoms with Crippen LogP contribution in [0.4, 0.5) is 5.69 Å². The zero-order valence-corrected chi connectivity index (χ0v) is 35.8. The van der Waals surface area contributed by atoms with Gasteiger partial charge in [-0.15, -0.1) is 0 Å². The van der Waals surface area contributed by atoms with Crippen molar-refractivity contribution in [3.63, 3.8) is 0 Å². The summed E-state index contributed by atoms with van der Waals surface area (Å²) in [6, 6.07) is 18.0. The summed E-state index contributed by atoms with van der Waals surface area (Å²) >= 11 is 0. The number of hydrogen-bond acceptors (Lipinski definition) is 9. The van der Waals surface area contributed by atoms with E-state index in [0.29, 0.717) is 50.2 Å². The molecule has 4 aliphatic rings. The lowest BCUT2D eigenvalue weighted by atomic mass is 9.43. The lowest BCUT2D eigenvalue weighted by Crippen LogP contribution is -2.62. The minimum Gasteiger partial charge on any atom is -0.393 e. The minimum atomic E-state index is -4.14. The second-order valence-corrected chi connectivity index (χ2v) is 20.1. The molecule has 59 heavy (non-hydrogen) atoms. The van der Waals surface area contributed by atoms with Crippen molar-refractivity contribution in [2.24, 2.45) is 46.3 Å². The minimum absolute atomic E-state index is 0.0200. The number of hydrogen-bond donors (Lipinski definition) is 6. The first-order valence-corrected chi connectivity index (χ1v) is 23.4. The van der Waals surface area contributed by atoms with E-state index in [4.69, 9.17) is 14.3 Å². The van der Waals surface area contributed by atoms with Crippen molar-refractivity contribution in [1.29, 1.82) is 0 Å². The Labute approximate surface area is 349 Å². The first-order chi connectivity index (χ1) is 28.1. The largest absolute Gasteiger partial charge is 0.393 e. The van der Waals surface area contributed by atoms with E-state index in [1.165, 1.54) is 0 Å². The van der Waals surface area contributed by atoms with Crippen LogP contribution >= 0.6 is 0 Å². The first kappa shape index (κ1) is 43.5. The van der Waals surface area contributed by atoms with Gasteiger partial charge in [0, 0.05) is 31.4 Å². The molecule has 0 saturated heterocycles. The number of pyridine rings is 1. The number of aliphatic hydroxyl groups is 2. The number of carbonyl (C=O) groups is 2. The number of nitrogens with zero attached hydrogens (tertiary/aromatic N) is 1. The number of ether oxygens (including phenoxy) is 1. The van der Waals surface area contributed by atoms with E-state index in [1.54, 1.807) is 0 Å². The maximum Gasteiger partial charge on any atom is 0.266 e. The predicted octanol–water partition coefficient (Wildman–Crippen LogP) is 6.29. The summed E-state index contributed by atoms with van der Waals surface area (Å²) < 4.78 is 37.5. The Morgan fingerprint density at radius 2 is 1.69 bits per heavy atom. The molecule has 13 heteroatoms. The van der Waals surface area contributed by atoms with Gasteiger partial charge in [0.1, 0.15) is 0 Å². The van der Waals surface area contributed by atoms with E-state index < -0.39 is 28.1 Å². The van der Waals surface area contributed by atoms with Crippen molar-refractivity contribution in [3.05, 3.63) is 71.4 Å². The highest BCUT2D eigenvalue weighted by molar-refractivity contribution is 7.85. The molecule has 0 spiro atoms. The van der Waals surface area contributed by atoms with Gasteiger partial charge < -0.3 is 30.9 Å². The summed E-state index contributed by atoms with van der Waals surface area (Å²) in [5.74, 6) is 0.188. The number of para-hydroxylation sites is 1. The number of amides is 2. The Balaban J connectivity index is 0.934. The molecule has 6 N–H and O–H groups in total. The molecule has 1 aromatic heterocycles. The van der Waals surface area contributed by atoms with Gasteiger partial charge in [-0.2, -0.15) is 8.42 Å². The van der Waals surface area contributed by atoms with E-state index in [2.05, 4.69) is 48.9 Å². The van der Waals surface area contributed by atoms with Gasteiger partial charge in [0.15, 0.2) is 0 Å². The highest BCUT2D eigenvalue weighted by Crippen LogP contribution is 2.68. The second-order valence-electron chi connectivity index (χ2n) is 18.6. The number of anilines is 1. The highest BCUT2D eigenvalue weighted by Gasteiger charge is 2.65. The van der Waals surface area contributed by atoms with E-state index in [0.717, 1.165) is 54.3 Å². The topological polar surface area (TPSA) is 187 Å². The van der Waals surface area contributed by atoms with E-state index in [9.17, 15) is 28.2 Å². The molecule has 2 amide bonds. The molecule has 10 unspecified atom stereocenters. The molecule has 0 bridgehead atoms. The predicted molar refractivity (Wildman–Crippen MR) is 228 cm³/mol. The van der Waals surface area contributed by atoms with Crippen LogP contribution in [0, 0.1) is 53.3 Å². The molecule has 11 atom stereocenters. The number of aryl methyl sites for hydroxylation is 1. The van der Waals surface area contributed by atoms with Crippen molar-refractivity contribution in [2.45, 2.75) is 110 Å². The number of rotatable bonds is 15. The molecular formula is C46H64N4O8S. The fourth-order valence-corrected chi connectivity index (χ4v) is 12.7. The van der Waals surface area contributed by atoms with Crippen molar-refractivity contribution in [1.82, 2.24) is 15.6 Å². The number of nitrogens with one attached hydrogen (secondary N) is 3. The van der Waals surface area contributed by atoms with Crippen LogP contribution in [0.1, 0.15) is 100 Å². The molecule has 4 aliphatic carbocycles. The zero-order chi connectivity index (χ0) is 42.1. The number of aromatic nitrogens is 1. The molecule has 12 nitrogen and oxygen atoms in total. The number of fused-ring (bicyclic) bond motifs is 6. The monoisotopic (exact) mass is 832 g/mol. The molecule has 0 radical (unpaired) electrons. The Bertz CT molecular complexity index is 2090. The lowest BCUT2D eigenvalue weighted by Gasteiger charge is -2.63. The van der Waals surface area contributed by atoms with Gasteiger partial charge in [-0.25, -0.2) is 0 Å². The standard InChI is InChI=1S/C46H64N4O8S/c1-28(14-17-40(53)47-21-23-59(55,56)57)34-15-16-35-42-36(26-39(52)46(34,35)4)45(3)19-18-32(24-31(45)25-38(42)51)58-22-20-48-44(54)41-29(2)50-37-13-9-8-12-33(37)43(41)49-27-30-10-6-5-7-11-30/h5-13,28,31-32,34-36,38-39,42,51-52H,14-27H2,1-4H3,(H,47,53)(H,48,54)(H,49,50)(H,55,56,57)/t28?,31?,32?,34-,35?,36?,38?,39?,42?,45?,46?/m1/s1. The number of aliphatic hydroxyl groups excluding tert-OH is 2. The smallest absolute Gasteiger partial charge is 0.266 e. The maximum atomic E-state index is 13.8. The van der Waals surface area contributed by atoms with Gasteiger partial charge in [0.2, 0.25) is 5.91 Å². The van der Waals surface area contributed by atoms with Crippen LogP contribution in [-0.2, 0) is 26.2 Å². The summed E-state index contributed by atoms with van der Waals surface area (Å²) in [6.07, 6.45) is 5.88. The average Bonchev–Trinajstić information content (AvgIpc) is 3.56. The Hall–Kier alpha value is -3.62. The van der Waals surface area contributed by atoms with Gasteiger partial charge >= 0.3 is 0 Å². The summed E-state index contributed by atoms with van der Waals surface area (Å²) in [4.78, 5) is 31.0. The second kappa shape index (κ2) is 17.8. The zero-order valence-electron chi connectivity index (χ0n) is 35.0. The fraction of sp³-hybridized carbons (Fsp3) is 0.630. The Morgan fingerprint density at radius 3 is 2.46 bits per heavy atom. The molecule has 2 aromatic carbocycles. The maximum absolute atomic E-state index is 13.8. The molecular weight excluding hydrogens is 769 g/mol. The van der Waals surface area contributed by atoms with E-state index >= 15 is 0 Å². The van der Waals surface area contributed by atoms with Gasteiger partial charge in [-0.1, -0.05) is 69.3 Å². The van der Waals surface area contributed by atoms with Gasteiger partial charge in [0.05, 0.1) is 53.1 Å². The van der Waals surface area contributed by atoms with Crippen molar-refractivity contribution >= 4 is 38.5 Å². The van der Waals surface area contributed by atoms with Crippen molar-refractivity contribution in [3.8, 4) is 0 Å². The Kier molecular flexibility index (Phi) is 13.1. The third kappa shape index (κ3) is 9.05. The van der Waals surface area contributed by atoms with Gasteiger partial charge in [-0.05, 0) is 116 Å². The van der Waals surface area contributed by atoms with Crippen LogP contribution in [0.25, 0.3) is 10.9 Å². The molecule has 0 aliphatic heterocycles. The summed E-state index contributed by atoms with van der Waals surface area (Å²) in [5, 5.41) is 34.1. The summed E-state index contributed by atoms with van der Waals surface area (Å²) in [5.41, 5.74) is 3.52. The van der Waals surface area contributed by atoms with Crippen LogP contribution in [0.3, 0.4) is 0 Å². The number of benzene rings is 2. The fourth-order valence-electron chi connectivity index (χ4n) is 12.3. The third-order valence-corrected chi connectivity index (χ3v) is 16.1. The molecule has 1 heterocycles. The van der Waals surface area contributed by atoms with Crippen LogP contribution in [-0.4, -0.2) is 83.7 Å². The molecule has 3 aromatic rings. The van der Waals surface area contributed by atoms with Crippen molar-refractivity contribution < 1.29 is 37.5 Å². The van der Waals surface area contributed by atoms with Crippen LogP contribution in [0.15, 0.2) is 54.6 Å². The first-order valence-electron chi connectivity index (χ1n) is 21.7. The van der Waals surface area contributed by atoms with Crippen LogP contribution in [0.5, 0.6) is 0 Å². The van der Waals surface area contributed by atoms with Crippen molar-refractivity contribution in [2.75, 3.05) is 30.8 Å². The van der Waals surface area contributed by atoms with Crippen LogP contribution < -0.4 is 16.0 Å². The lowest BCUT2D eigenvalue weighted by molar-refractivity contribution is -0.209.